The smallest absolute Gasteiger partial charge is 0.371 e. The lowest BCUT2D eigenvalue weighted by atomic mass is 9.80. The maximum atomic E-state index is 13.0. The Labute approximate surface area is 147 Å². The summed E-state index contributed by atoms with van der Waals surface area (Å²) < 4.78 is 83.8. The van der Waals surface area contributed by atoms with Gasteiger partial charge in [0.1, 0.15) is 0 Å². The summed E-state index contributed by atoms with van der Waals surface area (Å²) in [5.41, 5.74) is -2.71. The zero-order chi connectivity index (χ0) is 19.1. The first kappa shape index (κ1) is 19.5. The molecule has 0 aromatic heterocycles. The highest BCUT2D eigenvalue weighted by Gasteiger charge is 2.38. The molecule has 0 amide bonds. The molecule has 146 valence electrons. The van der Waals surface area contributed by atoms with Gasteiger partial charge in [-0.05, 0) is 74.9 Å². The number of fused-ring (bicyclic) bond motifs is 1. The Hall–Kier alpha value is -1.28. The van der Waals surface area contributed by atoms with Gasteiger partial charge in [-0.25, -0.2) is 0 Å². The van der Waals surface area contributed by atoms with Crippen LogP contribution >= 0.6 is 0 Å². The second-order valence-corrected chi connectivity index (χ2v) is 7.23. The molecule has 3 rings (SSSR count). The quantitative estimate of drug-likeness (QED) is 0.728. The van der Waals surface area contributed by atoms with Crippen molar-refractivity contribution in [2.75, 3.05) is 13.1 Å². The van der Waals surface area contributed by atoms with Gasteiger partial charge in [0.15, 0.2) is 0 Å². The van der Waals surface area contributed by atoms with E-state index in [4.69, 9.17) is 4.74 Å². The molecule has 4 atom stereocenters. The van der Waals surface area contributed by atoms with Crippen LogP contribution in [0.25, 0.3) is 0 Å². The van der Waals surface area contributed by atoms with Crippen molar-refractivity contribution < 1.29 is 31.1 Å². The fraction of sp³-hybridized carbons (Fsp3) is 0.667. The van der Waals surface area contributed by atoms with Crippen molar-refractivity contribution in [3.63, 3.8) is 0 Å². The van der Waals surface area contributed by atoms with Crippen molar-refractivity contribution in [3.8, 4) is 0 Å². The van der Waals surface area contributed by atoms with Gasteiger partial charge in [-0.3, -0.25) is 0 Å². The van der Waals surface area contributed by atoms with Crippen molar-refractivity contribution in [2.24, 2.45) is 11.8 Å². The highest BCUT2D eigenvalue weighted by Crippen LogP contribution is 2.40. The molecule has 0 bridgehead atoms. The molecule has 0 radical (unpaired) electrons. The van der Waals surface area contributed by atoms with Crippen LogP contribution in [0.2, 0.25) is 0 Å². The number of nitrogens with one attached hydrogen (secondary N) is 1. The number of ether oxygens (including phenoxy) is 1. The van der Waals surface area contributed by atoms with Gasteiger partial charge >= 0.3 is 12.4 Å². The highest BCUT2D eigenvalue weighted by atomic mass is 19.4. The molecule has 2 aliphatic rings. The number of halogens is 6. The zero-order valence-corrected chi connectivity index (χ0v) is 14.3. The lowest BCUT2D eigenvalue weighted by Gasteiger charge is -2.33. The lowest BCUT2D eigenvalue weighted by Crippen LogP contribution is -2.29. The molecule has 0 spiro atoms. The first-order valence-corrected chi connectivity index (χ1v) is 8.69. The van der Waals surface area contributed by atoms with Gasteiger partial charge in [0.2, 0.25) is 0 Å². The number of rotatable bonds is 3. The normalized spacial score (nSPS) is 28.0. The molecule has 2 nitrogen and oxygen atoms in total. The van der Waals surface area contributed by atoms with E-state index in [9.17, 15) is 26.3 Å². The average Bonchev–Trinajstić information content (AvgIpc) is 3.00. The Balaban J connectivity index is 1.78. The molecular formula is C18H21F6NO. The van der Waals surface area contributed by atoms with E-state index in [0.717, 1.165) is 44.5 Å². The molecule has 1 aromatic rings. The first-order chi connectivity index (χ1) is 12.0. The molecule has 1 saturated carbocycles. The van der Waals surface area contributed by atoms with Crippen molar-refractivity contribution in [2.45, 2.75) is 50.7 Å². The van der Waals surface area contributed by atoms with E-state index >= 15 is 0 Å². The first-order valence-electron chi connectivity index (χ1n) is 8.69. The van der Waals surface area contributed by atoms with E-state index in [1.165, 1.54) is 6.92 Å². The highest BCUT2D eigenvalue weighted by molar-refractivity contribution is 5.34. The number of benzene rings is 1. The largest absolute Gasteiger partial charge is 0.416 e. The van der Waals surface area contributed by atoms with E-state index in [1.807, 2.05) is 0 Å². The molecule has 1 saturated heterocycles. The van der Waals surface area contributed by atoms with Gasteiger partial charge in [-0.15, -0.1) is 0 Å². The van der Waals surface area contributed by atoms with Gasteiger partial charge in [0, 0.05) is 0 Å². The maximum absolute atomic E-state index is 13.0. The van der Waals surface area contributed by atoms with Crippen LogP contribution in [0, 0.1) is 11.8 Å². The summed E-state index contributed by atoms with van der Waals surface area (Å²) in [6.07, 6.45) is -8.15. The predicted molar refractivity (Wildman–Crippen MR) is 83.4 cm³/mol. The van der Waals surface area contributed by atoms with E-state index in [-0.39, 0.29) is 17.7 Å². The number of hydrogen-bond acceptors (Lipinski definition) is 2. The van der Waals surface area contributed by atoms with Gasteiger partial charge in [0.25, 0.3) is 0 Å². The van der Waals surface area contributed by atoms with E-state index in [0.29, 0.717) is 11.8 Å². The Morgan fingerprint density at radius 3 is 2.08 bits per heavy atom. The summed E-state index contributed by atoms with van der Waals surface area (Å²) in [6, 6.07) is 1.65. The molecule has 3 unspecified atom stereocenters. The van der Waals surface area contributed by atoms with Crippen LogP contribution in [-0.2, 0) is 17.1 Å². The van der Waals surface area contributed by atoms with Crippen molar-refractivity contribution in [1.29, 1.82) is 0 Å². The third kappa shape index (κ3) is 4.34. The standard InChI is InChI=1S/C18H21F6NO/c1-10(26-16-3-2-11-8-25-9-13(11)6-16)12-4-14(17(19,20)21)7-15(5-12)18(22,23)24/h4-5,7,10-11,13,16,25H,2-3,6,8-9H2,1H3/t10?,11-,13?,16?/m1/s1. The molecule has 1 aromatic carbocycles. The van der Waals surface area contributed by atoms with Crippen LogP contribution in [0.4, 0.5) is 26.3 Å². The van der Waals surface area contributed by atoms with Gasteiger partial charge in [0.05, 0.1) is 23.3 Å². The minimum absolute atomic E-state index is 0.0983. The summed E-state index contributed by atoms with van der Waals surface area (Å²) in [7, 11) is 0. The fourth-order valence-corrected chi connectivity index (χ4v) is 3.96. The van der Waals surface area contributed by atoms with Gasteiger partial charge in [-0.1, -0.05) is 0 Å². The minimum Gasteiger partial charge on any atom is -0.371 e. The maximum Gasteiger partial charge on any atom is 0.416 e. The van der Waals surface area contributed by atoms with Crippen LogP contribution in [0.1, 0.15) is 49.0 Å². The molecular weight excluding hydrogens is 360 g/mol. The summed E-state index contributed by atoms with van der Waals surface area (Å²) in [5.74, 6) is 1.06. The SMILES string of the molecule is CC(OC1CC[C@@H]2CNCC2C1)c1cc(C(F)(F)F)cc(C(F)(F)F)c1. The van der Waals surface area contributed by atoms with Crippen LogP contribution in [0.3, 0.4) is 0 Å². The Morgan fingerprint density at radius 2 is 1.50 bits per heavy atom. The second kappa shape index (κ2) is 7.03. The van der Waals surface area contributed by atoms with E-state index < -0.39 is 29.6 Å². The van der Waals surface area contributed by atoms with Crippen LogP contribution < -0.4 is 5.32 Å². The molecule has 1 aliphatic carbocycles. The van der Waals surface area contributed by atoms with Crippen molar-refractivity contribution in [3.05, 3.63) is 34.9 Å². The Morgan fingerprint density at radius 1 is 0.923 bits per heavy atom. The van der Waals surface area contributed by atoms with Crippen molar-refractivity contribution in [1.82, 2.24) is 5.32 Å². The summed E-state index contributed by atoms with van der Waals surface area (Å²) >= 11 is 0. The van der Waals surface area contributed by atoms with E-state index in [1.54, 1.807) is 0 Å². The lowest BCUT2D eigenvalue weighted by molar-refractivity contribution is -0.143. The molecule has 26 heavy (non-hydrogen) atoms. The number of hydrogen-bond donors (Lipinski definition) is 1. The van der Waals surface area contributed by atoms with Gasteiger partial charge in [-0.2, -0.15) is 26.3 Å². The monoisotopic (exact) mass is 381 g/mol. The van der Waals surface area contributed by atoms with Crippen LogP contribution in [-0.4, -0.2) is 19.2 Å². The Bertz CT molecular complexity index is 609. The minimum atomic E-state index is -4.84. The molecule has 1 aliphatic heterocycles. The fourth-order valence-electron chi connectivity index (χ4n) is 3.96. The van der Waals surface area contributed by atoms with Crippen LogP contribution in [0.15, 0.2) is 18.2 Å². The topological polar surface area (TPSA) is 21.3 Å². The molecule has 8 heteroatoms. The molecule has 1 N–H and O–H groups in total. The van der Waals surface area contributed by atoms with Crippen molar-refractivity contribution >= 4 is 0 Å². The van der Waals surface area contributed by atoms with Gasteiger partial charge < -0.3 is 10.1 Å². The summed E-state index contributed by atoms with van der Waals surface area (Å²) in [5, 5.41) is 3.31. The molecule has 1 heterocycles. The third-order valence-corrected chi connectivity index (χ3v) is 5.38. The zero-order valence-electron chi connectivity index (χ0n) is 14.3. The van der Waals surface area contributed by atoms with Crippen LogP contribution in [0.5, 0.6) is 0 Å². The van der Waals surface area contributed by atoms with E-state index in [2.05, 4.69) is 5.32 Å². The predicted octanol–water partition coefficient (Wildman–Crippen LogP) is 5.19. The summed E-state index contributed by atoms with van der Waals surface area (Å²) in [6.45, 7) is 3.37. The Kier molecular flexibility index (Phi) is 5.27. The average molecular weight is 381 g/mol. The number of alkyl halides is 6. The third-order valence-electron chi connectivity index (χ3n) is 5.38. The second-order valence-electron chi connectivity index (χ2n) is 7.23. The summed E-state index contributed by atoms with van der Waals surface area (Å²) in [4.78, 5) is 0. The molecule has 2 fully saturated rings.